The lowest BCUT2D eigenvalue weighted by Crippen LogP contribution is -2.38. The van der Waals surface area contributed by atoms with Crippen LogP contribution in [0.5, 0.6) is 11.6 Å². The van der Waals surface area contributed by atoms with Crippen molar-refractivity contribution in [2.75, 3.05) is 24.3 Å². The molecule has 0 atom stereocenters. The van der Waals surface area contributed by atoms with E-state index in [0.717, 1.165) is 12.1 Å². The number of halogens is 4. The SMILES string of the molecule is COc1ccc2c(n1)CCN(C(=O)OC(C)(C)C)Cc1c(cccc1OC(F)F)Nc1cc(F)c(F)cc1C(=O)N2. The maximum absolute atomic E-state index is 14.4. The lowest BCUT2D eigenvalue weighted by molar-refractivity contribution is -0.0507. The maximum atomic E-state index is 14.4. The number of carbonyl (C=O) groups excluding carboxylic acids is 2. The van der Waals surface area contributed by atoms with Gasteiger partial charge in [-0.25, -0.2) is 18.6 Å². The Bertz CT molecular complexity index is 1460. The molecule has 2 amide bonds. The number of anilines is 3. The molecule has 218 valence electrons. The summed E-state index contributed by atoms with van der Waals surface area (Å²) in [5.41, 5.74) is -0.607. The molecule has 4 rings (SSSR count). The number of methoxy groups -OCH3 is 1. The fourth-order valence-corrected chi connectivity index (χ4v) is 4.12. The van der Waals surface area contributed by atoms with Gasteiger partial charge in [0.2, 0.25) is 5.88 Å². The van der Waals surface area contributed by atoms with Gasteiger partial charge in [0.15, 0.2) is 11.6 Å². The van der Waals surface area contributed by atoms with Crippen molar-refractivity contribution in [2.45, 2.75) is 45.9 Å². The van der Waals surface area contributed by atoms with Crippen LogP contribution < -0.4 is 20.1 Å². The number of amides is 2. The Balaban J connectivity index is 1.92. The van der Waals surface area contributed by atoms with Gasteiger partial charge in [0.05, 0.1) is 36.3 Å². The fourth-order valence-electron chi connectivity index (χ4n) is 4.12. The normalized spacial score (nSPS) is 13.8. The molecule has 13 heteroatoms. The molecule has 0 unspecified atom stereocenters. The van der Waals surface area contributed by atoms with Crippen LogP contribution >= 0.6 is 0 Å². The van der Waals surface area contributed by atoms with Crippen molar-refractivity contribution < 1.29 is 41.4 Å². The Labute approximate surface area is 233 Å². The van der Waals surface area contributed by atoms with Gasteiger partial charge in [0, 0.05) is 36.3 Å². The summed E-state index contributed by atoms with van der Waals surface area (Å²) in [6.07, 6.45) is -0.690. The second-order valence-corrected chi connectivity index (χ2v) is 10.1. The first-order chi connectivity index (χ1) is 19.3. The molecule has 1 aromatic heterocycles. The highest BCUT2D eigenvalue weighted by Gasteiger charge is 2.27. The zero-order valence-electron chi connectivity index (χ0n) is 22.7. The Kier molecular flexibility index (Phi) is 8.55. The van der Waals surface area contributed by atoms with E-state index in [0.29, 0.717) is 5.69 Å². The molecule has 0 aliphatic carbocycles. The molecular weight excluding hydrogens is 548 g/mol. The minimum Gasteiger partial charge on any atom is -0.481 e. The van der Waals surface area contributed by atoms with Gasteiger partial charge < -0.3 is 29.7 Å². The van der Waals surface area contributed by atoms with E-state index in [2.05, 4.69) is 15.6 Å². The molecule has 0 fully saturated rings. The quantitative estimate of drug-likeness (QED) is 0.355. The summed E-state index contributed by atoms with van der Waals surface area (Å²) >= 11 is 0. The number of fused-ring (bicyclic) bond motifs is 3. The molecule has 2 heterocycles. The van der Waals surface area contributed by atoms with Crippen LogP contribution in [0.3, 0.4) is 0 Å². The highest BCUT2D eigenvalue weighted by molar-refractivity contribution is 6.08. The number of hydrogen-bond acceptors (Lipinski definition) is 7. The molecule has 0 spiro atoms. The second kappa shape index (κ2) is 11.9. The average molecular weight is 577 g/mol. The number of pyridine rings is 1. The van der Waals surface area contributed by atoms with E-state index >= 15 is 0 Å². The topological polar surface area (TPSA) is 102 Å². The number of nitrogens with one attached hydrogen (secondary N) is 2. The van der Waals surface area contributed by atoms with Crippen LogP contribution in [0.25, 0.3) is 0 Å². The van der Waals surface area contributed by atoms with Crippen LogP contribution in [0.4, 0.5) is 39.4 Å². The number of carbonyl (C=O) groups is 2. The molecule has 3 aromatic rings. The van der Waals surface area contributed by atoms with Crippen LogP contribution in [-0.2, 0) is 17.7 Å². The molecular formula is C28H28F4N4O5. The molecule has 1 aliphatic rings. The number of rotatable bonds is 3. The third kappa shape index (κ3) is 7.16. The maximum Gasteiger partial charge on any atom is 0.410 e. The summed E-state index contributed by atoms with van der Waals surface area (Å²) in [7, 11) is 1.40. The van der Waals surface area contributed by atoms with E-state index in [-0.39, 0.29) is 59.3 Å². The lowest BCUT2D eigenvalue weighted by Gasteiger charge is -2.29. The second-order valence-electron chi connectivity index (χ2n) is 10.1. The van der Waals surface area contributed by atoms with Crippen molar-refractivity contribution in [3.05, 3.63) is 70.9 Å². The number of aromatic nitrogens is 1. The third-order valence-electron chi connectivity index (χ3n) is 5.95. The van der Waals surface area contributed by atoms with E-state index < -0.39 is 35.8 Å². The Morgan fingerprint density at radius 2 is 1.76 bits per heavy atom. The molecule has 0 bridgehead atoms. The molecule has 0 saturated heterocycles. The lowest BCUT2D eigenvalue weighted by atomic mass is 10.1. The first-order valence-corrected chi connectivity index (χ1v) is 12.5. The summed E-state index contributed by atoms with van der Waals surface area (Å²) in [4.78, 5) is 32.3. The molecule has 41 heavy (non-hydrogen) atoms. The largest absolute Gasteiger partial charge is 0.481 e. The molecule has 0 radical (unpaired) electrons. The number of ether oxygens (including phenoxy) is 3. The third-order valence-corrected chi connectivity index (χ3v) is 5.95. The molecule has 2 N–H and O–H groups in total. The van der Waals surface area contributed by atoms with Crippen molar-refractivity contribution in [3.8, 4) is 11.6 Å². The number of benzene rings is 2. The van der Waals surface area contributed by atoms with E-state index in [4.69, 9.17) is 14.2 Å². The fraction of sp³-hybridized carbons (Fsp3) is 0.321. The van der Waals surface area contributed by atoms with Crippen molar-refractivity contribution >= 4 is 29.1 Å². The zero-order valence-corrected chi connectivity index (χ0v) is 22.7. The number of alkyl halides is 2. The Morgan fingerprint density at radius 3 is 2.44 bits per heavy atom. The van der Waals surface area contributed by atoms with Crippen molar-refractivity contribution in [2.24, 2.45) is 0 Å². The predicted octanol–water partition coefficient (Wildman–Crippen LogP) is 6.26. The molecule has 0 saturated carbocycles. The van der Waals surface area contributed by atoms with Crippen molar-refractivity contribution in [1.29, 1.82) is 0 Å². The molecule has 1 aliphatic heterocycles. The van der Waals surface area contributed by atoms with E-state index in [1.165, 1.54) is 42.3 Å². The van der Waals surface area contributed by atoms with Gasteiger partial charge in [-0.3, -0.25) is 4.79 Å². The first-order valence-electron chi connectivity index (χ1n) is 12.5. The van der Waals surface area contributed by atoms with Gasteiger partial charge in [-0.05, 0) is 45.0 Å². The Hall–Kier alpha value is -4.55. The summed E-state index contributed by atoms with van der Waals surface area (Å²) in [6.45, 7) is 1.50. The average Bonchev–Trinajstić information content (AvgIpc) is 2.89. The van der Waals surface area contributed by atoms with Gasteiger partial charge in [0.25, 0.3) is 5.91 Å². The summed E-state index contributed by atoms with van der Waals surface area (Å²) in [6, 6.07) is 8.64. The summed E-state index contributed by atoms with van der Waals surface area (Å²) in [5.74, 6) is -3.38. The summed E-state index contributed by atoms with van der Waals surface area (Å²) in [5, 5.41) is 5.49. The van der Waals surface area contributed by atoms with E-state index in [1.807, 2.05) is 0 Å². The van der Waals surface area contributed by atoms with Gasteiger partial charge in [0.1, 0.15) is 11.4 Å². The Morgan fingerprint density at radius 1 is 1.02 bits per heavy atom. The van der Waals surface area contributed by atoms with E-state index in [9.17, 15) is 27.2 Å². The molecule has 2 aromatic carbocycles. The highest BCUT2D eigenvalue weighted by Crippen LogP contribution is 2.34. The van der Waals surface area contributed by atoms with Crippen LogP contribution in [0.2, 0.25) is 0 Å². The monoisotopic (exact) mass is 576 g/mol. The van der Waals surface area contributed by atoms with Crippen LogP contribution in [0.1, 0.15) is 42.4 Å². The van der Waals surface area contributed by atoms with Crippen LogP contribution in [0, 0.1) is 11.6 Å². The van der Waals surface area contributed by atoms with Crippen molar-refractivity contribution in [1.82, 2.24) is 9.88 Å². The van der Waals surface area contributed by atoms with Gasteiger partial charge in [-0.2, -0.15) is 8.78 Å². The summed E-state index contributed by atoms with van der Waals surface area (Å²) < 4.78 is 70.9. The minimum absolute atomic E-state index is 0.0311. The smallest absolute Gasteiger partial charge is 0.410 e. The number of nitrogens with zero attached hydrogens (tertiary/aromatic N) is 2. The predicted molar refractivity (Wildman–Crippen MR) is 142 cm³/mol. The van der Waals surface area contributed by atoms with Gasteiger partial charge in [-0.1, -0.05) is 6.07 Å². The van der Waals surface area contributed by atoms with Gasteiger partial charge >= 0.3 is 12.7 Å². The molecule has 9 nitrogen and oxygen atoms in total. The van der Waals surface area contributed by atoms with E-state index in [1.54, 1.807) is 20.8 Å². The first kappa shape index (κ1) is 29.4. The minimum atomic E-state index is -3.20. The van der Waals surface area contributed by atoms with Crippen molar-refractivity contribution in [3.63, 3.8) is 0 Å². The zero-order chi connectivity index (χ0) is 29.9. The van der Waals surface area contributed by atoms with Crippen LogP contribution in [0.15, 0.2) is 42.5 Å². The van der Waals surface area contributed by atoms with Gasteiger partial charge in [-0.15, -0.1) is 0 Å². The van der Waals surface area contributed by atoms with Crippen LogP contribution in [-0.4, -0.2) is 47.8 Å². The highest BCUT2D eigenvalue weighted by atomic mass is 19.3. The standard InChI is InChI=1S/C28H28F4N4O5/c1-28(2,3)41-27(38)36-11-10-21-20(8-9-24(34-21)39-4)35-25(37)15-12-17(29)18(30)13-22(15)33-19-6-5-7-23(16(19)14-36)40-26(31)32/h5-9,12-13,26,33H,10-11,14H2,1-4H3,(H,35,37). The number of hydrogen-bond donors (Lipinski definition) is 2.